The van der Waals surface area contributed by atoms with Gasteiger partial charge in [-0.3, -0.25) is 0 Å². The van der Waals surface area contributed by atoms with Crippen molar-refractivity contribution in [2.45, 2.75) is 6.54 Å². The molecule has 0 radical (unpaired) electrons. The van der Waals surface area contributed by atoms with E-state index in [1.807, 2.05) is 30.3 Å². The molecular formula is C16H20N2O. The Morgan fingerprint density at radius 3 is 2.58 bits per heavy atom. The molecule has 2 N–H and O–H groups in total. The third-order valence-corrected chi connectivity index (χ3v) is 2.87. The van der Waals surface area contributed by atoms with Crippen LogP contribution in [0.25, 0.3) is 0 Å². The molecule has 0 aromatic heterocycles. The number of anilines is 1. The Hall–Kier alpha value is -2.00. The lowest BCUT2D eigenvalue weighted by Gasteiger charge is -2.09. The summed E-state index contributed by atoms with van der Waals surface area (Å²) in [5, 5.41) is 6.77. The molecule has 2 aromatic carbocycles. The third kappa shape index (κ3) is 4.64. The van der Waals surface area contributed by atoms with Crippen LogP contribution in [0.1, 0.15) is 5.56 Å². The van der Waals surface area contributed by atoms with Crippen LogP contribution in [0.15, 0.2) is 54.6 Å². The Bertz CT molecular complexity index is 485. The van der Waals surface area contributed by atoms with Gasteiger partial charge in [0.2, 0.25) is 0 Å². The summed E-state index contributed by atoms with van der Waals surface area (Å²) >= 11 is 0. The second-order valence-electron chi connectivity index (χ2n) is 4.32. The Labute approximate surface area is 114 Å². The lowest BCUT2D eigenvalue weighted by Crippen LogP contribution is -2.21. The number of methoxy groups -OCH3 is 1. The van der Waals surface area contributed by atoms with Crippen molar-refractivity contribution >= 4 is 5.69 Å². The first-order valence-electron chi connectivity index (χ1n) is 6.51. The van der Waals surface area contributed by atoms with E-state index in [1.165, 1.54) is 5.56 Å². The van der Waals surface area contributed by atoms with Gasteiger partial charge >= 0.3 is 0 Å². The van der Waals surface area contributed by atoms with E-state index in [9.17, 15) is 0 Å². The summed E-state index contributed by atoms with van der Waals surface area (Å²) < 4.78 is 5.18. The number of hydrogen-bond acceptors (Lipinski definition) is 3. The Morgan fingerprint density at radius 2 is 1.79 bits per heavy atom. The average Bonchev–Trinajstić information content (AvgIpc) is 2.48. The zero-order chi connectivity index (χ0) is 13.3. The van der Waals surface area contributed by atoms with Gasteiger partial charge in [-0.2, -0.15) is 0 Å². The van der Waals surface area contributed by atoms with Gasteiger partial charge in [0.15, 0.2) is 0 Å². The highest BCUT2D eigenvalue weighted by Gasteiger charge is 1.95. The van der Waals surface area contributed by atoms with Crippen LogP contribution in [0.2, 0.25) is 0 Å². The second-order valence-corrected chi connectivity index (χ2v) is 4.32. The summed E-state index contributed by atoms with van der Waals surface area (Å²) in [7, 11) is 1.68. The Kier molecular flexibility index (Phi) is 5.26. The molecule has 2 aromatic rings. The van der Waals surface area contributed by atoms with Gasteiger partial charge in [0.25, 0.3) is 0 Å². The quantitative estimate of drug-likeness (QED) is 0.747. The van der Waals surface area contributed by atoms with Crippen LogP contribution in [0, 0.1) is 0 Å². The molecule has 19 heavy (non-hydrogen) atoms. The normalized spacial score (nSPS) is 10.2. The minimum absolute atomic E-state index is 0.877. The van der Waals surface area contributed by atoms with Crippen LogP contribution in [-0.4, -0.2) is 20.2 Å². The molecule has 3 heteroatoms. The summed E-state index contributed by atoms with van der Waals surface area (Å²) in [6.45, 7) is 2.72. The zero-order valence-electron chi connectivity index (χ0n) is 11.2. The molecule has 3 nitrogen and oxygen atoms in total. The van der Waals surface area contributed by atoms with Crippen LogP contribution in [0.5, 0.6) is 5.75 Å². The molecule has 0 fully saturated rings. The summed E-state index contributed by atoms with van der Waals surface area (Å²) in [6.07, 6.45) is 0. The van der Waals surface area contributed by atoms with Crippen LogP contribution in [0.4, 0.5) is 5.69 Å². The van der Waals surface area contributed by atoms with Crippen molar-refractivity contribution < 1.29 is 4.74 Å². The molecular weight excluding hydrogens is 236 g/mol. The topological polar surface area (TPSA) is 33.3 Å². The Morgan fingerprint density at radius 1 is 0.947 bits per heavy atom. The fraction of sp³-hybridized carbons (Fsp3) is 0.250. The zero-order valence-corrected chi connectivity index (χ0v) is 11.2. The smallest absolute Gasteiger partial charge is 0.120 e. The molecule has 0 aliphatic heterocycles. The van der Waals surface area contributed by atoms with Crippen molar-refractivity contribution in [3.05, 3.63) is 60.2 Å². The van der Waals surface area contributed by atoms with Gasteiger partial charge in [-0.1, -0.05) is 36.4 Å². The monoisotopic (exact) mass is 256 g/mol. The van der Waals surface area contributed by atoms with Crippen LogP contribution < -0.4 is 15.4 Å². The highest BCUT2D eigenvalue weighted by atomic mass is 16.5. The molecule has 0 atom stereocenters. The fourth-order valence-corrected chi connectivity index (χ4v) is 1.86. The maximum Gasteiger partial charge on any atom is 0.120 e. The molecule has 0 bridgehead atoms. The predicted octanol–water partition coefficient (Wildman–Crippen LogP) is 2.90. The highest BCUT2D eigenvalue weighted by molar-refractivity contribution is 5.48. The minimum atomic E-state index is 0.877. The average molecular weight is 256 g/mol. The van der Waals surface area contributed by atoms with Crippen molar-refractivity contribution in [2.75, 3.05) is 25.5 Å². The van der Waals surface area contributed by atoms with E-state index in [2.05, 4.69) is 34.9 Å². The molecule has 100 valence electrons. The predicted molar refractivity (Wildman–Crippen MR) is 79.6 cm³/mol. The molecule has 2 rings (SSSR count). The van der Waals surface area contributed by atoms with Crippen molar-refractivity contribution in [3.8, 4) is 5.75 Å². The SMILES string of the molecule is COc1cccc(NCCNCc2ccccc2)c1. The maximum absolute atomic E-state index is 5.18. The Balaban J connectivity index is 1.66. The van der Waals surface area contributed by atoms with Crippen LogP contribution in [-0.2, 0) is 6.54 Å². The summed E-state index contributed by atoms with van der Waals surface area (Å²) in [4.78, 5) is 0. The van der Waals surface area contributed by atoms with E-state index < -0.39 is 0 Å². The van der Waals surface area contributed by atoms with Gasteiger partial charge in [-0.25, -0.2) is 0 Å². The molecule has 0 aliphatic carbocycles. The number of hydrogen-bond donors (Lipinski definition) is 2. The number of benzene rings is 2. The summed E-state index contributed by atoms with van der Waals surface area (Å²) in [6, 6.07) is 18.4. The van der Waals surface area contributed by atoms with Crippen molar-refractivity contribution in [1.82, 2.24) is 5.32 Å². The van der Waals surface area contributed by atoms with Crippen molar-refractivity contribution in [2.24, 2.45) is 0 Å². The first-order valence-corrected chi connectivity index (χ1v) is 6.51. The molecule has 0 saturated carbocycles. The van der Waals surface area contributed by atoms with E-state index in [4.69, 9.17) is 4.74 Å². The van der Waals surface area contributed by atoms with Gasteiger partial charge < -0.3 is 15.4 Å². The first-order chi connectivity index (χ1) is 9.38. The lowest BCUT2D eigenvalue weighted by molar-refractivity contribution is 0.415. The highest BCUT2D eigenvalue weighted by Crippen LogP contribution is 2.16. The van der Waals surface area contributed by atoms with E-state index in [0.29, 0.717) is 0 Å². The van der Waals surface area contributed by atoms with E-state index in [1.54, 1.807) is 7.11 Å². The molecule has 0 heterocycles. The molecule has 0 aliphatic rings. The largest absolute Gasteiger partial charge is 0.497 e. The van der Waals surface area contributed by atoms with E-state index in [0.717, 1.165) is 31.1 Å². The molecule has 0 amide bonds. The summed E-state index contributed by atoms with van der Waals surface area (Å²) in [5.41, 5.74) is 2.39. The molecule has 0 spiro atoms. The van der Waals surface area contributed by atoms with Gasteiger partial charge in [-0.05, 0) is 17.7 Å². The van der Waals surface area contributed by atoms with Crippen molar-refractivity contribution in [1.29, 1.82) is 0 Å². The number of rotatable bonds is 7. The third-order valence-electron chi connectivity index (χ3n) is 2.87. The number of ether oxygens (including phenoxy) is 1. The van der Waals surface area contributed by atoms with E-state index >= 15 is 0 Å². The summed E-state index contributed by atoms with van der Waals surface area (Å²) in [5.74, 6) is 0.877. The molecule has 0 unspecified atom stereocenters. The fourth-order valence-electron chi connectivity index (χ4n) is 1.86. The standard InChI is InChI=1S/C16H20N2O/c1-19-16-9-5-8-15(12-16)18-11-10-17-13-14-6-3-2-4-7-14/h2-9,12,17-18H,10-11,13H2,1H3. The van der Waals surface area contributed by atoms with Crippen LogP contribution >= 0.6 is 0 Å². The van der Waals surface area contributed by atoms with Crippen LogP contribution in [0.3, 0.4) is 0 Å². The van der Waals surface area contributed by atoms with Gasteiger partial charge in [0.05, 0.1) is 7.11 Å². The number of nitrogens with one attached hydrogen (secondary N) is 2. The molecule has 0 saturated heterocycles. The van der Waals surface area contributed by atoms with E-state index in [-0.39, 0.29) is 0 Å². The maximum atomic E-state index is 5.18. The minimum Gasteiger partial charge on any atom is -0.497 e. The van der Waals surface area contributed by atoms with Gasteiger partial charge in [-0.15, -0.1) is 0 Å². The first kappa shape index (κ1) is 13.4. The lowest BCUT2D eigenvalue weighted by atomic mass is 10.2. The van der Waals surface area contributed by atoms with Gasteiger partial charge in [0, 0.05) is 31.4 Å². The van der Waals surface area contributed by atoms with Gasteiger partial charge in [0.1, 0.15) is 5.75 Å². The van der Waals surface area contributed by atoms with Crippen molar-refractivity contribution in [3.63, 3.8) is 0 Å². The second kappa shape index (κ2) is 7.44.